The molecule has 2 aliphatic rings. The quantitative estimate of drug-likeness (QED) is 0.485. The van der Waals surface area contributed by atoms with Crippen LogP contribution in [0.1, 0.15) is 44.1 Å². The Morgan fingerprint density at radius 3 is 2.48 bits per heavy atom. The Morgan fingerprint density at radius 1 is 1.03 bits per heavy atom. The highest BCUT2D eigenvalue weighted by Crippen LogP contribution is 2.31. The van der Waals surface area contributed by atoms with Crippen molar-refractivity contribution in [1.29, 1.82) is 0 Å². The van der Waals surface area contributed by atoms with E-state index in [1.54, 1.807) is 14.2 Å². The molecule has 1 saturated heterocycles. The van der Waals surface area contributed by atoms with E-state index in [0.29, 0.717) is 17.2 Å². The molecule has 168 valence electrons. The van der Waals surface area contributed by atoms with Crippen LogP contribution in [0.2, 0.25) is 0 Å². The predicted molar refractivity (Wildman–Crippen MR) is 128 cm³/mol. The number of likely N-dealkylation sites (tertiary alicyclic amines) is 1. The molecule has 2 atom stereocenters. The molecule has 6 heteroatoms. The van der Waals surface area contributed by atoms with Gasteiger partial charge < -0.3 is 9.57 Å². The Labute approximate surface area is 188 Å². The van der Waals surface area contributed by atoms with E-state index < -0.39 is 10.8 Å². The fourth-order valence-corrected chi connectivity index (χ4v) is 6.21. The third-order valence-corrected chi connectivity index (χ3v) is 8.41. The molecule has 0 spiro atoms. The summed E-state index contributed by atoms with van der Waals surface area (Å²) in [4.78, 5) is 7.95. The van der Waals surface area contributed by atoms with E-state index in [4.69, 9.17) is 9.57 Å². The van der Waals surface area contributed by atoms with Crippen LogP contribution in [0, 0.1) is 5.92 Å². The van der Waals surface area contributed by atoms with Crippen molar-refractivity contribution in [2.45, 2.75) is 49.8 Å². The van der Waals surface area contributed by atoms with E-state index in [1.807, 2.05) is 12.3 Å². The fourth-order valence-electron chi connectivity index (χ4n) is 5.27. The van der Waals surface area contributed by atoms with Crippen LogP contribution in [-0.4, -0.2) is 59.7 Å². The second-order valence-corrected chi connectivity index (χ2v) is 10.5. The molecule has 1 aliphatic heterocycles. The molecule has 2 unspecified atom stereocenters. The lowest BCUT2D eigenvalue weighted by atomic mass is 9.86. The zero-order valence-corrected chi connectivity index (χ0v) is 19.7. The van der Waals surface area contributed by atoms with Crippen LogP contribution in [0.5, 0.6) is 5.75 Å². The molecule has 0 amide bonds. The van der Waals surface area contributed by atoms with Gasteiger partial charge in [0, 0.05) is 46.4 Å². The monoisotopic (exact) mass is 442 g/mol. The second-order valence-electron chi connectivity index (χ2n) is 8.85. The molecule has 0 radical (unpaired) electrons. The number of benzene rings is 2. The number of oxime groups is 1. The highest BCUT2D eigenvalue weighted by Gasteiger charge is 2.32. The van der Waals surface area contributed by atoms with Crippen LogP contribution in [0.4, 0.5) is 0 Å². The molecular formula is C25H34N2O3S. The molecule has 1 aliphatic carbocycles. The van der Waals surface area contributed by atoms with Gasteiger partial charge in [-0.15, -0.1) is 0 Å². The van der Waals surface area contributed by atoms with E-state index in [2.05, 4.69) is 40.4 Å². The summed E-state index contributed by atoms with van der Waals surface area (Å²) in [5.74, 6) is 1.23. The average molecular weight is 443 g/mol. The van der Waals surface area contributed by atoms with Gasteiger partial charge in [0.2, 0.25) is 0 Å². The summed E-state index contributed by atoms with van der Waals surface area (Å²) in [5.41, 5.74) is 2.18. The van der Waals surface area contributed by atoms with E-state index in [9.17, 15) is 4.21 Å². The third-order valence-electron chi connectivity index (χ3n) is 7.00. The maximum atomic E-state index is 11.8. The minimum atomic E-state index is -0.690. The lowest BCUT2D eigenvalue weighted by Crippen LogP contribution is -2.46. The van der Waals surface area contributed by atoms with Gasteiger partial charge in [0.05, 0.1) is 12.8 Å². The number of ether oxygens (including phenoxy) is 1. The molecule has 1 saturated carbocycles. The number of piperidine rings is 1. The lowest BCUT2D eigenvalue weighted by molar-refractivity contribution is 0.115. The van der Waals surface area contributed by atoms with Gasteiger partial charge in [-0.05, 0) is 74.0 Å². The van der Waals surface area contributed by atoms with Crippen LogP contribution < -0.4 is 4.74 Å². The highest BCUT2D eigenvalue weighted by molar-refractivity contribution is 7.84. The second kappa shape index (κ2) is 10.1. The van der Waals surface area contributed by atoms with Gasteiger partial charge >= 0.3 is 0 Å². The van der Waals surface area contributed by atoms with E-state index in [-0.39, 0.29) is 0 Å². The lowest BCUT2D eigenvalue weighted by Gasteiger charge is -2.41. The SMILES string of the molecule is CO/N=C(/c1ccc2cc(OC)ccc2c1)C1CCCN(C2CCC(S(C)=O)CC2)C1. The molecule has 2 aromatic carbocycles. The normalized spacial score (nSPS) is 26.5. The van der Waals surface area contributed by atoms with Gasteiger partial charge in [-0.2, -0.15) is 0 Å². The van der Waals surface area contributed by atoms with Crippen LogP contribution in [0.15, 0.2) is 41.6 Å². The van der Waals surface area contributed by atoms with Gasteiger partial charge in [0.1, 0.15) is 12.9 Å². The van der Waals surface area contributed by atoms with E-state index in [1.165, 1.54) is 11.8 Å². The van der Waals surface area contributed by atoms with Gasteiger partial charge in [0.25, 0.3) is 0 Å². The molecule has 4 rings (SSSR count). The summed E-state index contributed by atoms with van der Waals surface area (Å²) in [6.45, 7) is 2.17. The molecule has 0 bridgehead atoms. The molecule has 2 aromatic rings. The molecule has 2 fully saturated rings. The van der Waals surface area contributed by atoms with Crippen LogP contribution >= 0.6 is 0 Å². The summed E-state index contributed by atoms with van der Waals surface area (Å²) >= 11 is 0. The van der Waals surface area contributed by atoms with Crippen molar-refractivity contribution >= 4 is 27.3 Å². The number of fused-ring (bicyclic) bond motifs is 1. The summed E-state index contributed by atoms with van der Waals surface area (Å²) in [6, 6.07) is 13.3. The fraction of sp³-hybridized carbons (Fsp3) is 0.560. The van der Waals surface area contributed by atoms with Crippen LogP contribution in [-0.2, 0) is 15.6 Å². The predicted octanol–water partition coefficient (Wildman–Crippen LogP) is 4.60. The van der Waals surface area contributed by atoms with Crippen LogP contribution in [0.3, 0.4) is 0 Å². The molecule has 5 nitrogen and oxygen atoms in total. The third kappa shape index (κ3) is 5.12. The number of hydrogen-bond donors (Lipinski definition) is 0. The van der Waals surface area contributed by atoms with E-state index >= 15 is 0 Å². The number of rotatable bonds is 6. The minimum Gasteiger partial charge on any atom is -0.497 e. The first-order chi connectivity index (χ1) is 15.1. The molecular weight excluding hydrogens is 408 g/mol. The molecule has 31 heavy (non-hydrogen) atoms. The zero-order chi connectivity index (χ0) is 21.8. The highest BCUT2D eigenvalue weighted by atomic mass is 32.2. The van der Waals surface area contributed by atoms with Crippen molar-refractivity contribution < 1.29 is 13.8 Å². The van der Waals surface area contributed by atoms with Gasteiger partial charge in [-0.3, -0.25) is 9.11 Å². The first kappa shape index (κ1) is 22.3. The smallest absolute Gasteiger partial charge is 0.119 e. The Morgan fingerprint density at radius 2 is 1.77 bits per heavy atom. The van der Waals surface area contributed by atoms with Gasteiger partial charge in [0.15, 0.2) is 0 Å². The Balaban J connectivity index is 1.51. The van der Waals surface area contributed by atoms with Gasteiger partial charge in [-0.25, -0.2) is 0 Å². The Bertz CT molecular complexity index is 953. The average Bonchev–Trinajstić information content (AvgIpc) is 2.82. The minimum absolute atomic E-state index is 0.363. The molecule has 0 aromatic heterocycles. The number of nitrogens with zero attached hydrogens (tertiary/aromatic N) is 2. The molecule has 0 N–H and O–H groups in total. The number of methoxy groups -OCH3 is 1. The summed E-state index contributed by atoms with van der Waals surface area (Å²) < 4.78 is 17.2. The van der Waals surface area contributed by atoms with Crippen molar-refractivity contribution in [2.75, 3.05) is 33.6 Å². The van der Waals surface area contributed by atoms with Crippen molar-refractivity contribution in [3.8, 4) is 5.75 Å². The Hall–Kier alpha value is -1.92. The molecule has 1 heterocycles. The summed E-state index contributed by atoms with van der Waals surface area (Å²) in [5, 5.41) is 7.23. The standard InChI is InChI=1S/C25H34N2O3S/c1-29-23-11-8-18-15-20(7-6-19(18)16-23)25(26-30-2)21-5-4-14-27(17-21)22-9-12-24(13-10-22)31(3)28/h6-8,11,15-16,21-22,24H,4-5,9-10,12-14,17H2,1-3H3/b26-25-. The largest absolute Gasteiger partial charge is 0.497 e. The summed E-state index contributed by atoms with van der Waals surface area (Å²) in [7, 11) is 2.64. The Kier molecular flexibility index (Phi) is 7.28. The zero-order valence-electron chi connectivity index (χ0n) is 18.9. The van der Waals surface area contributed by atoms with Gasteiger partial charge in [-0.1, -0.05) is 23.4 Å². The van der Waals surface area contributed by atoms with Crippen LogP contribution in [0.25, 0.3) is 10.8 Å². The number of hydrogen-bond acceptors (Lipinski definition) is 5. The first-order valence-electron chi connectivity index (χ1n) is 11.3. The van der Waals surface area contributed by atoms with Crippen molar-refractivity contribution in [3.63, 3.8) is 0 Å². The maximum Gasteiger partial charge on any atom is 0.119 e. The topological polar surface area (TPSA) is 51.1 Å². The maximum absolute atomic E-state index is 11.8. The van der Waals surface area contributed by atoms with Crippen molar-refractivity contribution in [3.05, 3.63) is 42.0 Å². The van der Waals surface area contributed by atoms with E-state index in [0.717, 1.165) is 67.6 Å². The van der Waals surface area contributed by atoms with Crippen molar-refractivity contribution in [2.24, 2.45) is 11.1 Å². The first-order valence-corrected chi connectivity index (χ1v) is 13.0. The van der Waals surface area contributed by atoms with Crippen molar-refractivity contribution in [1.82, 2.24) is 4.90 Å². The summed E-state index contributed by atoms with van der Waals surface area (Å²) in [6.07, 6.45) is 8.65.